The summed E-state index contributed by atoms with van der Waals surface area (Å²) in [5.41, 5.74) is -0.620. The topological polar surface area (TPSA) is 60.0 Å². The van der Waals surface area contributed by atoms with E-state index in [1.165, 1.54) is 0 Å². The number of methoxy groups -OCH3 is 1. The normalized spacial score (nSPS) is 29.4. The Kier molecular flexibility index (Phi) is 6.28. The van der Waals surface area contributed by atoms with Crippen LogP contribution in [0, 0.1) is 0 Å². The van der Waals surface area contributed by atoms with E-state index >= 15 is 0 Å². The minimum absolute atomic E-state index is 0.183. The number of likely N-dealkylation sites (tertiary alicyclic amines) is 1. The summed E-state index contributed by atoms with van der Waals surface area (Å²) >= 11 is 0. The van der Waals surface area contributed by atoms with Gasteiger partial charge in [-0.2, -0.15) is 0 Å². The van der Waals surface area contributed by atoms with Crippen LogP contribution in [0.15, 0.2) is 0 Å². The summed E-state index contributed by atoms with van der Waals surface area (Å²) in [7, 11) is 1.76. The highest BCUT2D eigenvalue weighted by Gasteiger charge is 2.35. The van der Waals surface area contributed by atoms with Gasteiger partial charge in [-0.25, -0.2) is 4.79 Å². The Labute approximate surface area is 139 Å². The minimum Gasteiger partial charge on any atom is -0.444 e. The maximum absolute atomic E-state index is 12.2. The van der Waals surface area contributed by atoms with E-state index in [-0.39, 0.29) is 11.7 Å². The maximum Gasteiger partial charge on any atom is 0.410 e. The Balaban J connectivity index is 1.78. The molecule has 2 aliphatic rings. The Hall–Kier alpha value is -0.850. The molecule has 0 aromatic rings. The van der Waals surface area contributed by atoms with Crippen LogP contribution in [0.3, 0.4) is 0 Å². The first-order valence-corrected chi connectivity index (χ1v) is 8.68. The van der Waals surface area contributed by atoms with Crippen molar-refractivity contribution in [2.24, 2.45) is 0 Å². The Bertz CT molecular complexity index is 389. The molecule has 23 heavy (non-hydrogen) atoms. The SMILES string of the molecule is COC1(CNC2CCCN(C(=O)OC(C)(C)C)CC2)CCOC1. The predicted molar refractivity (Wildman–Crippen MR) is 88.6 cm³/mol. The average Bonchev–Trinajstić information content (AvgIpc) is 2.81. The van der Waals surface area contributed by atoms with Crippen LogP contribution in [-0.4, -0.2) is 68.2 Å². The van der Waals surface area contributed by atoms with Crippen LogP contribution in [0.1, 0.15) is 46.5 Å². The summed E-state index contributed by atoms with van der Waals surface area (Å²) in [6, 6.07) is 0.412. The lowest BCUT2D eigenvalue weighted by molar-refractivity contribution is -0.0178. The van der Waals surface area contributed by atoms with E-state index in [2.05, 4.69) is 5.32 Å². The van der Waals surface area contributed by atoms with Gasteiger partial charge in [0, 0.05) is 45.8 Å². The van der Waals surface area contributed by atoms with E-state index in [4.69, 9.17) is 14.2 Å². The number of rotatable bonds is 4. The maximum atomic E-state index is 12.2. The molecule has 2 aliphatic heterocycles. The van der Waals surface area contributed by atoms with Crippen molar-refractivity contribution in [1.82, 2.24) is 10.2 Å². The van der Waals surface area contributed by atoms with E-state index in [9.17, 15) is 4.79 Å². The molecule has 134 valence electrons. The molecule has 2 rings (SSSR count). The third-order valence-electron chi connectivity index (χ3n) is 4.59. The largest absolute Gasteiger partial charge is 0.444 e. The van der Waals surface area contributed by atoms with Crippen molar-refractivity contribution in [3.8, 4) is 0 Å². The molecule has 0 radical (unpaired) electrons. The fraction of sp³-hybridized carbons (Fsp3) is 0.941. The number of amides is 1. The molecular weight excluding hydrogens is 296 g/mol. The predicted octanol–water partition coefficient (Wildman–Crippen LogP) is 2.17. The van der Waals surface area contributed by atoms with E-state index in [0.29, 0.717) is 12.6 Å². The first kappa shape index (κ1) is 18.5. The van der Waals surface area contributed by atoms with Gasteiger partial charge < -0.3 is 24.4 Å². The van der Waals surface area contributed by atoms with Crippen LogP contribution in [0.2, 0.25) is 0 Å². The van der Waals surface area contributed by atoms with Gasteiger partial charge in [0.15, 0.2) is 0 Å². The molecule has 0 aliphatic carbocycles. The minimum atomic E-state index is -0.436. The quantitative estimate of drug-likeness (QED) is 0.857. The van der Waals surface area contributed by atoms with Crippen molar-refractivity contribution < 1.29 is 19.0 Å². The number of carbonyl (C=O) groups is 1. The number of carbonyl (C=O) groups excluding carboxylic acids is 1. The number of ether oxygens (including phenoxy) is 3. The molecule has 1 N–H and O–H groups in total. The van der Waals surface area contributed by atoms with Crippen molar-refractivity contribution in [2.45, 2.75) is 63.7 Å². The summed E-state index contributed by atoms with van der Waals surface area (Å²) in [5, 5.41) is 3.62. The molecular formula is C17H32N2O4. The van der Waals surface area contributed by atoms with Crippen LogP contribution in [0.5, 0.6) is 0 Å². The molecule has 0 aromatic carbocycles. The van der Waals surface area contributed by atoms with Crippen LogP contribution in [-0.2, 0) is 14.2 Å². The molecule has 6 heteroatoms. The number of nitrogens with zero attached hydrogens (tertiary/aromatic N) is 1. The first-order chi connectivity index (χ1) is 10.8. The third kappa shape index (κ3) is 5.62. The highest BCUT2D eigenvalue weighted by molar-refractivity contribution is 5.68. The fourth-order valence-electron chi connectivity index (χ4n) is 3.10. The molecule has 0 bridgehead atoms. The molecule has 0 spiro atoms. The number of hydrogen-bond donors (Lipinski definition) is 1. The summed E-state index contributed by atoms with van der Waals surface area (Å²) in [4.78, 5) is 14.0. The van der Waals surface area contributed by atoms with Gasteiger partial charge in [-0.15, -0.1) is 0 Å². The van der Waals surface area contributed by atoms with Gasteiger partial charge in [0.25, 0.3) is 0 Å². The van der Waals surface area contributed by atoms with Gasteiger partial charge in [-0.1, -0.05) is 0 Å². The second-order valence-electron chi connectivity index (χ2n) is 7.67. The number of hydrogen-bond acceptors (Lipinski definition) is 5. The van der Waals surface area contributed by atoms with Crippen molar-refractivity contribution in [3.05, 3.63) is 0 Å². The summed E-state index contributed by atoms with van der Waals surface area (Å²) in [5.74, 6) is 0. The highest BCUT2D eigenvalue weighted by Crippen LogP contribution is 2.22. The van der Waals surface area contributed by atoms with Crippen LogP contribution >= 0.6 is 0 Å². The zero-order valence-corrected chi connectivity index (χ0v) is 15.0. The van der Waals surface area contributed by atoms with E-state index < -0.39 is 5.60 Å². The highest BCUT2D eigenvalue weighted by atomic mass is 16.6. The summed E-state index contributed by atoms with van der Waals surface area (Å²) < 4.78 is 16.6. The van der Waals surface area contributed by atoms with Crippen molar-refractivity contribution in [1.29, 1.82) is 0 Å². The molecule has 2 saturated heterocycles. The summed E-state index contributed by atoms with van der Waals surface area (Å²) in [6.45, 7) is 9.46. The molecule has 2 unspecified atom stereocenters. The Morgan fingerprint density at radius 1 is 1.35 bits per heavy atom. The Morgan fingerprint density at radius 3 is 2.74 bits per heavy atom. The first-order valence-electron chi connectivity index (χ1n) is 8.68. The lowest BCUT2D eigenvalue weighted by atomic mass is 10.0. The molecule has 0 saturated carbocycles. The molecule has 2 atom stereocenters. The van der Waals surface area contributed by atoms with Crippen LogP contribution in [0.25, 0.3) is 0 Å². The second kappa shape index (κ2) is 7.81. The zero-order valence-electron chi connectivity index (χ0n) is 15.0. The zero-order chi connectivity index (χ0) is 16.9. The third-order valence-corrected chi connectivity index (χ3v) is 4.59. The monoisotopic (exact) mass is 328 g/mol. The van der Waals surface area contributed by atoms with Crippen LogP contribution in [0.4, 0.5) is 4.79 Å². The lowest BCUT2D eigenvalue weighted by Gasteiger charge is -2.29. The fourth-order valence-corrected chi connectivity index (χ4v) is 3.10. The molecule has 2 fully saturated rings. The van der Waals surface area contributed by atoms with Gasteiger partial charge in [0.1, 0.15) is 11.2 Å². The second-order valence-corrected chi connectivity index (χ2v) is 7.67. The molecule has 2 heterocycles. The average molecular weight is 328 g/mol. The molecule has 6 nitrogen and oxygen atoms in total. The summed E-state index contributed by atoms with van der Waals surface area (Å²) in [6.07, 6.45) is 3.75. The van der Waals surface area contributed by atoms with Crippen molar-refractivity contribution >= 4 is 6.09 Å². The van der Waals surface area contributed by atoms with Gasteiger partial charge in [-0.3, -0.25) is 0 Å². The molecule has 1 amide bonds. The van der Waals surface area contributed by atoms with Crippen molar-refractivity contribution in [3.63, 3.8) is 0 Å². The lowest BCUT2D eigenvalue weighted by Crippen LogP contribution is -2.46. The number of nitrogens with one attached hydrogen (secondary N) is 1. The van der Waals surface area contributed by atoms with Gasteiger partial charge in [0.2, 0.25) is 0 Å². The Morgan fingerprint density at radius 2 is 2.13 bits per heavy atom. The van der Waals surface area contributed by atoms with Gasteiger partial charge in [0.05, 0.1) is 6.61 Å². The smallest absolute Gasteiger partial charge is 0.410 e. The molecule has 0 aromatic heterocycles. The van der Waals surface area contributed by atoms with E-state index in [1.54, 1.807) is 7.11 Å². The van der Waals surface area contributed by atoms with Gasteiger partial charge >= 0.3 is 6.09 Å². The van der Waals surface area contributed by atoms with E-state index in [0.717, 1.165) is 51.9 Å². The van der Waals surface area contributed by atoms with E-state index in [1.807, 2.05) is 25.7 Å². The van der Waals surface area contributed by atoms with Crippen molar-refractivity contribution in [2.75, 3.05) is 40.0 Å². The van der Waals surface area contributed by atoms with Gasteiger partial charge in [-0.05, 0) is 40.0 Å². The van der Waals surface area contributed by atoms with Crippen LogP contribution < -0.4 is 5.32 Å². The standard InChI is InChI=1S/C17H32N2O4/c1-16(2,3)23-15(20)19-9-5-6-14(7-10-19)18-12-17(21-4)8-11-22-13-17/h14,18H,5-13H2,1-4H3.